The second kappa shape index (κ2) is 7.33. The molecule has 0 aromatic heterocycles. The molecule has 0 unspecified atom stereocenters. The van der Waals surface area contributed by atoms with Gasteiger partial charge in [-0.2, -0.15) is 8.42 Å². The van der Waals surface area contributed by atoms with Crippen molar-refractivity contribution in [1.82, 2.24) is 0 Å². The normalized spacial score (nSPS) is 25.8. The quantitative estimate of drug-likeness (QED) is 0.531. The van der Waals surface area contributed by atoms with Crippen molar-refractivity contribution in [3.05, 3.63) is 59.9 Å². The van der Waals surface area contributed by atoms with Gasteiger partial charge in [-0.3, -0.25) is 4.79 Å². The Morgan fingerprint density at radius 1 is 1.10 bits per heavy atom. The summed E-state index contributed by atoms with van der Waals surface area (Å²) in [7, 11) is -3.64. The zero-order chi connectivity index (χ0) is 21.7. The molecule has 4 rings (SSSR count). The number of halogens is 1. The number of ether oxygens (including phenoxy) is 2. The molecule has 0 aliphatic carbocycles. The first-order valence-corrected chi connectivity index (χ1v) is 11.3. The third-order valence-electron chi connectivity index (χ3n) is 5.15. The van der Waals surface area contributed by atoms with Crippen molar-refractivity contribution < 1.29 is 31.3 Å². The molecule has 0 saturated carbocycles. The highest BCUT2D eigenvalue weighted by molar-refractivity contribution is 7.86. The molecule has 2 saturated heterocycles. The number of β-lactam (4-membered cyclic amide) rings is 1. The largest absolute Gasteiger partial charge is 0.383 e. The van der Waals surface area contributed by atoms with Crippen LogP contribution < -0.4 is 9.08 Å². The van der Waals surface area contributed by atoms with E-state index in [0.717, 1.165) is 11.8 Å². The Hall–Kier alpha value is -2.49. The van der Waals surface area contributed by atoms with Gasteiger partial charge in [0.2, 0.25) is 5.91 Å². The molecular weight excluding hydrogens is 413 g/mol. The summed E-state index contributed by atoms with van der Waals surface area (Å²) in [6, 6.07) is 11.8. The van der Waals surface area contributed by atoms with Crippen LogP contribution in [0.1, 0.15) is 25.5 Å². The summed E-state index contributed by atoms with van der Waals surface area (Å²) in [5, 5.41) is 0. The van der Waals surface area contributed by atoms with Crippen molar-refractivity contribution in [1.29, 1.82) is 0 Å². The summed E-state index contributed by atoms with van der Waals surface area (Å²) < 4.78 is 52.5. The number of rotatable bonds is 5. The number of amides is 1. The molecule has 0 N–H and O–H groups in total. The van der Waals surface area contributed by atoms with Gasteiger partial charge >= 0.3 is 10.1 Å². The van der Waals surface area contributed by atoms with Crippen LogP contribution in [-0.2, 0) is 24.4 Å². The average molecular weight is 435 g/mol. The van der Waals surface area contributed by atoms with Gasteiger partial charge in [0.25, 0.3) is 0 Å². The van der Waals surface area contributed by atoms with E-state index in [2.05, 4.69) is 0 Å². The SMILES string of the molecule is CC1(C)OC[C@@H]([C@@H]2C(=O)N(c3ccc(F)cc3)[C@@H]2c2ccc(OS(C)(=O)=O)cc2)O1. The van der Waals surface area contributed by atoms with Gasteiger partial charge in [0.05, 0.1) is 30.9 Å². The first-order valence-electron chi connectivity index (χ1n) is 9.44. The van der Waals surface area contributed by atoms with Crippen LogP contribution in [0.25, 0.3) is 0 Å². The monoisotopic (exact) mass is 435 g/mol. The molecule has 2 fully saturated rings. The minimum atomic E-state index is -3.64. The summed E-state index contributed by atoms with van der Waals surface area (Å²) >= 11 is 0. The van der Waals surface area contributed by atoms with E-state index in [1.165, 1.54) is 24.3 Å². The Bertz CT molecular complexity index is 1050. The Balaban J connectivity index is 1.66. The lowest BCUT2D eigenvalue weighted by atomic mass is 9.78. The zero-order valence-electron chi connectivity index (χ0n) is 16.7. The van der Waals surface area contributed by atoms with E-state index in [-0.39, 0.29) is 24.3 Å². The molecule has 160 valence electrons. The lowest BCUT2D eigenvalue weighted by Crippen LogP contribution is -2.60. The Morgan fingerprint density at radius 2 is 1.73 bits per heavy atom. The summed E-state index contributed by atoms with van der Waals surface area (Å²) in [4.78, 5) is 14.7. The molecule has 2 aromatic rings. The highest BCUT2D eigenvalue weighted by Crippen LogP contribution is 2.48. The second-order valence-electron chi connectivity index (χ2n) is 7.88. The zero-order valence-corrected chi connectivity index (χ0v) is 17.6. The first kappa shape index (κ1) is 20.8. The molecule has 9 heteroatoms. The summed E-state index contributed by atoms with van der Waals surface area (Å²) in [6.45, 7) is 3.87. The van der Waals surface area contributed by atoms with Crippen LogP contribution in [-0.4, -0.2) is 39.1 Å². The van der Waals surface area contributed by atoms with Gasteiger partial charge in [-0.15, -0.1) is 0 Å². The first-order chi connectivity index (χ1) is 14.0. The minimum Gasteiger partial charge on any atom is -0.383 e. The van der Waals surface area contributed by atoms with E-state index in [0.29, 0.717) is 5.69 Å². The van der Waals surface area contributed by atoms with Crippen LogP contribution in [0.3, 0.4) is 0 Å². The number of carbonyl (C=O) groups is 1. The standard InChI is InChI=1S/C21H22FNO6S/c1-21(2)27-12-17(28-21)18-19(13-4-10-16(11-5-13)29-30(3,25)26)23(20(18)24)15-8-6-14(22)7-9-15/h4-11,17-19H,12H2,1-3H3/t17-,18-,19+/m0/s1. The van der Waals surface area contributed by atoms with Crippen molar-refractivity contribution in [2.45, 2.75) is 31.8 Å². The maximum atomic E-state index is 13.4. The molecule has 7 nitrogen and oxygen atoms in total. The van der Waals surface area contributed by atoms with E-state index in [1.807, 2.05) is 0 Å². The molecule has 2 aliphatic heterocycles. The van der Waals surface area contributed by atoms with Gasteiger partial charge < -0.3 is 18.6 Å². The lowest BCUT2D eigenvalue weighted by Gasteiger charge is -2.49. The highest BCUT2D eigenvalue weighted by atomic mass is 32.2. The number of nitrogens with zero attached hydrogens (tertiary/aromatic N) is 1. The van der Waals surface area contributed by atoms with Crippen molar-refractivity contribution in [2.24, 2.45) is 5.92 Å². The van der Waals surface area contributed by atoms with E-state index in [4.69, 9.17) is 13.7 Å². The third kappa shape index (κ3) is 4.05. The molecule has 0 spiro atoms. The topological polar surface area (TPSA) is 82.1 Å². The van der Waals surface area contributed by atoms with E-state index in [9.17, 15) is 17.6 Å². The lowest BCUT2D eigenvalue weighted by molar-refractivity contribution is -0.157. The third-order valence-corrected chi connectivity index (χ3v) is 5.64. The van der Waals surface area contributed by atoms with Crippen molar-refractivity contribution in [2.75, 3.05) is 17.8 Å². The van der Waals surface area contributed by atoms with E-state index in [1.54, 1.807) is 43.0 Å². The fourth-order valence-corrected chi connectivity index (χ4v) is 4.37. The molecule has 2 aromatic carbocycles. The molecule has 3 atom stereocenters. The van der Waals surface area contributed by atoms with Crippen LogP contribution in [0.5, 0.6) is 5.75 Å². The fourth-order valence-electron chi connectivity index (χ4n) is 3.91. The Morgan fingerprint density at radius 3 is 2.27 bits per heavy atom. The molecule has 0 bridgehead atoms. The maximum absolute atomic E-state index is 13.4. The summed E-state index contributed by atoms with van der Waals surface area (Å²) in [6.07, 6.45) is 0.540. The van der Waals surface area contributed by atoms with E-state index < -0.39 is 33.7 Å². The van der Waals surface area contributed by atoms with Gasteiger partial charge in [0.15, 0.2) is 5.79 Å². The highest BCUT2D eigenvalue weighted by Gasteiger charge is 2.55. The molecule has 2 aliphatic rings. The molecule has 0 radical (unpaired) electrons. The molecular formula is C21H22FNO6S. The van der Waals surface area contributed by atoms with Crippen LogP contribution in [0.15, 0.2) is 48.5 Å². The summed E-state index contributed by atoms with van der Waals surface area (Å²) in [5.41, 5.74) is 1.34. The van der Waals surface area contributed by atoms with E-state index >= 15 is 0 Å². The average Bonchev–Trinajstić information content (AvgIpc) is 3.00. The van der Waals surface area contributed by atoms with Crippen molar-refractivity contribution in [3.8, 4) is 5.75 Å². The molecule has 1 amide bonds. The van der Waals surface area contributed by atoms with Gasteiger partial charge in [-0.1, -0.05) is 12.1 Å². The van der Waals surface area contributed by atoms with Gasteiger partial charge in [-0.25, -0.2) is 4.39 Å². The Labute approximate surface area is 174 Å². The second-order valence-corrected chi connectivity index (χ2v) is 9.45. The Kier molecular flexibility index (Phi) is 5.08. The fraction of sp³-hybridized carbons (Fsp3) is 0.381. The summed E-state index contributed by atoms with van der Waals surface area (Å²) in [5.74, 6) is -1.62. The van der Waals surface area contributed by atoms with Gasteiger partial charge in [0.1, 0.15) is 11.6 Å². The van der Waals surface area contributed by atoms with Crippen LogP contribution >= 0.6 is 0 Å². The van der Waals surface area contributed by atoms with Crippen LogP contribution in [0.2, 0.25) is 0 Å². The van der Waals surface area contributed by atoms with Crippen LogP contribution in [0.4, 0.5) is 10.1 Å². The molecule has 2 heterocycles. The number of anilines is 1. The predicted octanol–water partition coefficient (Wildman–Crippen LogP) is 3.02. The maximum Gasteiger partial charge on any atom is 0.306 e. The number of hydrogen-bond acceptors (Lipinski definition) is 6. The minimum absolute atomic E-state index is 0.144. The van der Waals surface area contributed by atoms with Gasteiger partial charge in [0, 0.05) is 5.69 Å². The number of benzene rings is 2. The van der Waals surface area contributed by atoms with Gasteiger partial charge in [-0.05, 0) is 55.8 Å². The number of hydrogen-bond donors (Lipinski definition) is 0. The van der Waals surface area contributed by atoms with Crippen molar-refractivity contribution in [3.63, 3.8) is 0 Å². The number of carbonyl (C=O) groups excluding carboxylic acids is 1. The smallest absolute Gasteiger partial charge is 0.306 e. The molecule has 30 heavy (non-hydrogen) atoms. The van der Waals surface area contributed by atoms with Crippen LogP contribution in [0, 0.1) is 11.7 Å². The van der Waals surface area contributed by atoms with Crippen molar-refractivity contribution >= 4 is 21.7 Å². The predicted molar refractivity (Wildman–Crippen MR) is 107 cm³/mol.